The summed E-state index contributed by atoms with van der Waals surface area (Å²) in [5.41, 5.74) is 2.14. The zero-order chi connectivity index (χ0) is 24.4. The Hall–Kier alpha value is -3.62. The first-order valence-corrected chi connectivity index (χ1v) is 11.3. The maximum atomic E-state index is 13.5. The number of hydrogen-bond acceptors (Lipinski definition) is 5. The van der Waals surface area contributed by atoms with Crippen molar-refractivity contribution in [2.75, 3.05) is 18.1 Å². The van der Waals surface area contributed by atoms with E-state index in [9.17, 15) is 18.4 Å². The zero-order valence-electron chi connectivity index (χ0n) is 18.7. The van der Waals surface area contributed by atoms with Crippen molar-refractivity contribution in [3.63, 3.8) is 0 Å². The van der Waals surface area contributed by atoms with Gasteiger partial charge >= 0.3 is 0 Å². The summed E-state index contributed by atoms with van der Waals surface area (Å²) < 4.78 is 43.8. The standard InChI is InChI=1S/C27H23F2NO5/c28-20-5-3-19(4-6-20)27(34-15-16-35-27)14-13-24-25(18-1-11-23(12-2-18)33-17-31)30(26(24)32)22-9-7-21(29)8-10-22/h1-12,17,24-25H,13-16H2/t24-,25?/m1/s1. The van der Waals surface area contributed by atoms with E-state index in [-0.39, 0.29) is 29.5 Å². The maximum absolute atomic E-state index is 13.5. The van der Waals surface area contributed by atoms with Crippen molar-refractivity contribution in [1.29, 1.82) is 0 Å². The summed E-state index contributed by atoms with van der Waals surface area (Å²) >= 11 is 0. The molecule has 0 bridgehead atoms. The van der Waals surface area contributed by atoms with Crippen LogP contribution in [0.15, 0.2) is 72.8 Å². The van der Waals surface area contributed by atoms with Gasteiger partial charge in [-0.25, -0.2) is 8.78 Å². The van der Waals surface area contributed by atoms with Crippen molar-refractivity contribution in [3.8, 4) is 5.75 Å². The van der Waals surface area contributed by atoms with Gasteiger partial charge in [0.25, 0.3) is 6.47 Å². The quantitative estimate of drug-likeness (QED) is 0.340. The van der Waals surface area contributed by atoms with Crippen LogP contribution in [0, 0.1) is 17.6 Å². The molecule has 2 heterocycles. The van der Waals surface area contributed by atoms with E-state index in [1.165, 1.54) is 24.3 Å². The van der Waals surface area contributed by atoms with Crippen molar-refractivity contribution in [1.82, 2.24) is 0 Å². The number of carbonyl (C=O) groups is 2. The van der Waals surface area contributed by atoms with Crippen LogP contribution in [-0.2, 0) is 24.8 Å². The van der Waals surface area contributed by atoms with E-state index in [0.717, 1.165) is 5.56 Å². The molecule has 1 amide bonds. The Kier molecular flexibility index (Phi) is 6.32. The van der Waals surface area contributed by atoms with Crippen LogP contribution in [0.5, 0.6) is 5.75 Å². The van der Waals surface area contributed by atoms with Gasteiger partial charge in [0.2, 0.25) is 5.91 Å². The van der Waals surface area contributed by atoms with E-state index in [0.29, 0.717) is 49.5 Å². The number of rotatable bonds is 8. The lowest BCUT2D eigenvalue weighted by atomic mass is 9.77. The molecule has 2 fully saturated rings. The number of hydrogen-bond donors (Lipinski definition) is 0. The summed E-state index contributed by atoms with van der Waals surface area (Å²) in [5.74, 6) is -1.88. The zero-order valence-corrected chi connectivity index (χ0v) is 18.7. The number of carbonyl (C=O) groups excluding carboxylic acids is 2. The third-order valence-electron chi connectivity index (χ3n) is 6.55. The number of β-lactam (4-membered cyclic amide) rings is 1. The molecule has 2 aliphatic heterocycles. The minimum Gasteiger partial charge on any atom is -0.429 e. The normalized spacial score (nSPS) is 21.0. The molecule has 0 saturated carbocycles. The van der Waals surface area contributed by atoms with Crippen molar-refractivity contribution >= 4 is 18.1 Å². The molecule has 180 valence electrons. The van der Waals surface area contributed by atoms with Crippen LogP contribution in [-0.4, -0.2) is 25.6 Å². The van der Waals surface area contributed by atoms with Crippen LogP contribution in [0.3, 0.4) is 0 Å². The summed E-state index contributed by atoms with van der Waals surface area (Å²) in [6, 6.07) is 18.4. The molecule has 0 N–H and O–H groups in total. The summed E-state index contributed by atoms with van der Waals surface area (Å²) in [4.78, 5) is 25.6. The smallest absolute Gasteiger partial charge is 0.298 e. The maximum Gasteiger partial charge on any atom is 0.298 e. The lowest BCUT2D eigenvalue weighted by molar-refractivity contribution is -0.175. The van der Waals surface area contributed by atoms with Gasteiger partial charge in [0.05, 0.1) is 25.2 Å². The Morgan fingerprint density at radius 1 is 0.914 bits per heavy atom. The van der Waals surface area contributed by atoms with Gasteiger partial charge in [-0.2, -0.15) is 0 Å². The van der Waals surface area contributed by atoms with E-state index in [4.69, 9.17) is 14.2 Å². The van der Waals surface area contributed by atoms with Gasteiger partial charge in [-0.05, 0) is 60.5 Å². The molecule has 0 spiro atoms. The highest BCUT2D eigenvalue weighted by molar-refractivity contribution is 6.03. The Balaban J connectivity index is 1.42. The Labute approximate surface area is 201 Å². The third-order valence-corrected chi connectivity index (χ3v) is 6.55. The molecule has 0 radical (unpaired) electrons. The lowest BCUT2D eigenvalue weighted by Crippen LogP contribution is -2.55. The van der Waals surface area contributed by atoms with Crippen LogP contribution >= 0.6 is 0 Å². The van der Waals surface area contributed by atoms with E-state index in [2.05, 4.69) is 0 Å². The average molecular weight is 479 g/mol. The van der Waals surface area contributed by atoms with E-state index < -0.39 is 5.79 Å². The van der Waals surface area contributed by atoms with Gasteiger partial charge in [0.15, 0.2) is 5.79 Å². The lowest BCUT2D eigenvalue weighted by Gasteiger charge is -2.48. The van der Waals surface area contributed by atoms with Crippen LogP contribution in [0.2, 0.25) is 0 Å². The minimum atomic E-state index is -1.05. The first kappa shape index (κ1) is 23.1. The second kappa shape index (κ2) is 9.56. The molecule has 6 nitrogen and oxygen atoms in total. The molecule has 8 heteroatoms. The fourth-order valence-corrected chi connectivity index (χ4v) is 4.86. The number of benzene rings is 3. The Morgan fingerprint density at radius 3 is 2.11 bits per heavy atom. The minimum absolute atomic E-state index is 0.0953. The van der Waals surface area contributed by atoms with Gasteiger partial charge in [0, 0.05) is 17.7 Å². The number of amides is 1. The van der Waals surface area contributed by atoms with Gasteiger partial charge in [-0.3, -0.25) is 9.59 Å². The largest absolute Gasteiger partial charge is 0.429 e. The van der Waals surface area contributed by atoms with Crippen LogP contribution < -0.4 is 9.64 Å². The Morgan fingerprint density at radius 2 is 1.51 bits per heavy atom. The number of halogens is 2. The summed E-state index contributed by atoms with van der Waals surface area (Å²) in [7, 11) is 0. The predicted octanol–water partition coefficient (Wildman–Crippen LogP) is 4.88. The molecule has 3 aromatic carbocycles. The number of nitrogens with zero attached hydrogens (tertiary/aromatic N) is 1. The van der Waals surface area contributed by atoms with E-state index in [1.54, 1.807) is 53.4 Å². The molecule has 0 aliphatic carbocycles. The van der Waals surface area contributed by atoms with Gasteiger partial charge in [-0.15, -0.1) is 0 Å². The fourth-order valence-electron chi connectivity index (χ4n) is 4.86. The molecule has 5 rings (SSSR count). The molecular weight excluding hydrogens is 456 g/mol. The Bertz CT molecular complexity index is 1190. The molecule has 2 saturated heterocycles. The highest BCUT2D eigenvalue weighted by atomic mass is 19.1. The summed E-state index contributed by atoms with van der Waals surface area (Å²) in [6.45, 7) is 1.16. The molecule has 35 heavy (non-hydrogen) atoms. The predicted molar refractivity (Wildman–Crippen MR) is 122 cm³/mol. The SMILES string of the molecule is O=COc1ccc(C2[C@@H](CCC3(c4ccc(F)cc4)OCCO3)C(=O)N2c2ccc(F)cc2)cc1. The second-order valence-corrected chi connectivity index (χ2v) is 8.51. The van der Waals surface area contributed by atoms with Crippen molar-refractivity contribution in [2.24, 2.45) is 5.92 Å². The van der Waals surface area contributed by atoms with Crippen LogP contribution in [0.25, 0.3) is 0 Å². The third kappa shape index (κ3) is 4.42. The number of ether oxygens (including phenoxy) is 3. The van der Waals surface area contributed by atoms with Gasteiger partial charge < -0.3 is 19.1 Å². The molecule has 0 aromatic heterocycles. The monoisotopic (exact) mass is 479 g/mol. The molecule has 1 unspecified atom stereocenters. The first-order chi connectivity index (χ1) is 17.0. The first-order valence-electron chi connectivity index (χ1n) is 11.3. The van der Waals surface area contributed by atoms with E-state index in [1.807, 2.05) is 0 Å². The molecule has 2 aliphatic rings. The highest BCUT2D eigenvalue weighted by Gasteiger charge is 2.50. The molecule has 3 aromatic rings. The topological polar surface area (TPSA) is 65.1 Å². The molecular formula is C27H23F2NO5. The summed E-state index contributed by atoms with van der Waals surface area (Å²) in [6.07, 6.45) is 0.848. The molecule has 2 atom stereocenters. The van der Waals surface area contributed by atoms with Gasteiger partial charge in [0.1, 0.15) is 17.4 Å². The second-order valence-electron chi connectivity index (χ2n) is 8.51. The van der Waals surface area contributed by atoms with Crippen molar-refractivity contribution in [3.05, 3.63) is 95.6 Å². The summed E-state index contributed by atoms with van der Waals surface area (Å²) in [5, 5.41) is 0. The fraction of sp³-hybridized carbons (Fsp3) is 0.259. The van der Waals surface area contributed by atoms with E-state index >= 15 is 0 Å². The van der Waals surface area contributed by atoms with Crippen molar-refractivity contribution < 1.29 is 32.6 Å². The van der Waals surface area contributed by atoms with Gasteiger partial charge in [-0.1, -0.05) is 24.3 Å². The van der Waals surface area contributed by atoms with Crippen molar-refractivity contribution in [2.45, 2.75) is 24.7 Å². The van der Waals surface area contributed by atoms with Crippen LogP contribution in [0.4, 0.5) is 14.5 Å². The number of anilines is 1. The highest BCUT2D eigenvalue weighted by Crippen LogP contribution is 2.48. The average Bonchev–Trinajstić information content (AvgIpc) is 3.35. The van der Waals surface area contributed by atoms with Crippen LogP contribution in [0.1, 0.15) is 30.0 Å².